The van der Waals surface area contributed by atoms with Crippen LogP contribution in [0.25, 0.3) is 0 Å². The van der Waals surface area contributed by atoms with Crippen LogP contribution in [0.3, 0.4) is 0 Å². The van der Waals surface area contributed by atoms with Crippen molar-refractivity contribution in [3.05, 3.63) is 70.7 Å². The molecule has 8 nitrogen and oxygen atoms in total. The first kappa shape index (κ1) is 28.1. The van der Waals surface area contributed by atoms with E-state index in [0.717, 1.165) is 24.0 Å². The summed E-state index contributed by atoms with van der Waals surface area (Å²) in [4.78, 5) is 33.1. The van der Waals surface area contributed by atoms with Crippen molar-refractivity contribution in [2.75, 3.05) is 13.2 Å². The third kappa shape index (κ3) is 6.92. The molecule has 38 heavy (non-hydrogen) atoms. The largest absolute Gasteiger partial charge is 0.477 e. The number of likely N-dealkylation sites (tertiary alicyclic amines) is 1. The molecule has 2 aromatic rings. The summed E-state index contributed by atoms with van der Waals surface area (Å²) in [6, 6.07) is 15.5. The van der Waals surface area contributed by atoms with Gasteiger partial charge in [-0.15, -0.1) is 0 Å². The molecule has 1 unspecified atom stereocenters. The van der Waals surface area contributed by atoms with Gasteiger partial charge in [-0.1, -0.05) is 54.1 Å². The summed E-state index contributed by atoms with van der Waals surface area (Å²) in [5.74, 6) is -0.0647. The fraction of sp³-hybridized carbons (Fsp3) is 0.483. The molecule has 4 rings (SSSR count). The number of amides is 2. The minimum absolute atomic E-state index is 0.225. The molecule has 0 bridgehead atoms. The van der Waals surface area contributed by atoms with Crippen LogP contribution < -0.4 is 11.1 Å². The van der Waals surface area contributed by atoms with Gasteiger partial charge in [0.25, 0.3) is 0 Å². The second kappa shape index (κ2) is 12.3. The van der Waals surface area contributed by atoms with Crippen LogP contribution in [0, 0.1) is 0 Å². The third-order valence-electron chi connectivity index (χ3n) is 7.01. The first-order valence-electron chi connectivity index (χ1n) is 13.1. The van der Waals surface area contributed by atoms with Crippen LogP contribution in [-0.2, 0) is 32.1 Å². The molecule has 5 atom stereocenters. The maximum atomic E-state index is 13.9. The number of carbonyl (C=O) groups is 2. The molecule has 2 heterocycles. The standard InChI is InChI=1S/C29H37ClN4O4/c1-19(31)26(35)32-25(20(2)37-17-21-9-5-4-6-10-21)28(36)34-14-8-13-24(34)27-33-29(3,18-38-27)16-22-11-7-12-23(30)15-22/h4-7,9-12,15,19-20,24-25H,8,13-14,16-18,31H2,1-3H3,(H,32,35)/t19-,20?,24-,25-,29+/m0/s1. The lowest BCUT2D eigenvalue weighted by Gasteiger charge is -2.32. The van der Waals surface area contributed by atoms with Crippen LogP contribution >= 0.6 is 11.6 Å². The van der Waals surface area contributed by atoms with Gasteiger partial charge in [-0.2, -0.15) is 0 Å². The van der Waals surface area contributed by atoms with Gasteiger partial charge in [0.15, 0.2) is 0 Å². The zero-order chi connectivity index (χ0) is 27.3. The minimum Gasteiger partial charge on any atom is -0.477 e. The van der Waals surface area contributed by atoms with E-state index in [4.69, 9.17) is 31.8 Å². The van der Waals surface area contributed by atoms with E-state index in [1.807, 2.05) is 61.5 Å². The van der Waals surface area contributed by atoms with Crippen molar-refractivity contribution < 1.29 is 19.1 Å². The number of hydrogen-bond acceptors (Lipinski definition) is 6. The zero-order valence-electron chi connectivity index (χ0n) is 22.2. The average Bonchev–Trinajstić information content (AvgIpc) is 3.53. The van der Waals surface area contributed by atoms with Crippen LogP contribution in [0.2, 0.25) is 5.02 Å². The molecule has 204 valence electrons. The molecule has 0 radical (unpaired) electrons. The van der Waals surface area contributed by atoms with Gasteiger partial charge in [0.2, 0.25) is 17.7 Å². The quantitative estimate of drug-likeness (QED) is 0.480. The molecule has 2 aliphatic heterocycles. The van der Waals surface area contributed by atoms with E-state index in [0.29, 0.717) is 37.1 Å². The van der Waals surface area contributed by atoms with Crippen LogP contribution in [0.5, 0.6) is 0 Å². The number of nitrogens with one attached hydrogen (secondary N) is 1. The molecule has 0 saturated carbocycles. The number of nitrogens with zero attached hydrogens (tertiary/aromatic N) is 2. The van der Waals surface area contributed by atoms with Crippen molar-refractivity contribution in [2.24, 2.45) is 10.7 Å². The van der Waals surface area contributed by atoms with E-state index in [9.17, 15) is 9.59 Å². The van der Waals surface area contributed by atoms with Gasteiger partial charge in [-0.3, -0.25) is 9.59 Å². The summed E-state index contributed by atoms with van der Waals surface area (Å²) in [7, 11) is 0. The Hall–Kier alpha value is -2.94. The minimum atomic E-state index is -0.891. The Morgan fingerprint density at radius 2 is 1.95 bits per heavy atom. The fourth-order valence-corrected chi connectivity index (χ4v) is 5.15. The second-order valence-electron chi connectivity index (χ2n) is 10.5. The number of aliphatic imine (C=N–C) groups is 1. The number of nitrogens with two attached hydrogens (primary N) is 1. The number of hydrogen-bond donors (Lipinski definition) is 2. The van der Waals surface area contributed by atoms with Gasteiger partial charge >= 0.3 is 0 Å². The van der Waals surface area contributed by atoms with Gasteiger partial charge in [0.05, 0.1) is 24.3 Å². The maximum Gasteiger partial charge on any atom is 0.248 e. The van der Waals surface area contributed by atoms with Gasteiger partial charge < -0.3 is 25.4 Å². The summed E-state index contributed by atoms with van der Waals surface area (Å²) >= 11 is 6.17. The summed E-state index contributed by atoms with van der Waals surface area (Å²) < 4.78 is 12.1. The predicted molar refractivity (Wildman–Crippen MR) is 148 cm³/mol. The van der Waals surface area contributed by atoms with Crippen LogP contribution in [0.15, 0.2) is 59.6 Å². The van der Waals surface area contributed by atoms with Gasteiger partial charge in [0, 0.05) is 18.0 Å². The lowest BCUT2D eigenvalue weighted by atomic mass is 9.95. The van der Waals surface area contributed by atoms with Crippen molar-refractivity contribution in [1.82, 2.24) is 10.2 Å². The molecule has 0 aromatic heterocycles. The van der Waals surface area contributed by atoms with E-state index >= 15 is 0 Å². The van der Waals surface area contributed by atoms with Crippen molar-refractivity contribution in [3.63, 3.8) is 0 Å². The number of benzene rings is 2. The van der Waals surface area contributed by atoms with Gasteiger partial charge in [0.1, 0.15) is 18.7 Å². The van der Waals surface area contributed by atoms with E-state index in [2.05, 4.69) is 5.32 Å². The number of ether oxygens (including phenoxy) is 2. The number of halogens is 1. The Balaban J connectivity index is 1.49. The van der Waals surface area contributed by atoms with E-state index < -0.39 is 29.6 Å². The van der Waals surface area contributed by atoms with Crippen molar-refractivity contribution in [1.29, 1.82) is 0 Å². The maximum absolute atomic E-state index is 13.9. The highest BCUT2D eigenvalue weighted by atomic mass is 35.5. The molecule has 1 fully saturated rings. The van der Waals surface area contributed by atoms with Crippen molar-refractivity contribution in [3.8, 4) is 0 Å². The van der Waals surface area contributed by atoms with Crippen LogP contribution in [-0.4, -0.2) is 65.5 Å². The first-order valence-corrected chi connectivity index (χ1v) is 13.5. The molecule has 2 aromatic carbocycles. The zero-order valence-corrected chi connectivity index (χ0v) is 23.0. The summed E-state index contributed by atoms with van der Waals surface area (Å²) in [6.45, 7) is 6.73. The highest BCUT2D eigenvalue weighted by molar-refractivity contribution is 6.30. The lowest BCUT2D eigenvalue weighted by molar-refractivity contribution is -0.141. The normalized spacial score (nSPS) is 23.3. The van der Waals surface area contributed by atoms with Gasteiger partial charge in [-0.05, 0) is 56.9 Å². The predicted octanol–water partition coefficient (Wildman–Crippen LogP) is 3.50. The molecule has 1 saturated heterocycles. The monoisotopic (exact) mass is 540 g/mol. The smallest absolute Gasteiger partial charge is 0.248 e. The highest BCUT2D eigenvalue weighted by Crippen LogP contribution is 2.30. The highest BCUT2D eigenvalue weighted by Gasteiger charge is 2.43. The second-order valence-corrected chi connectivity index (χ2v) is 10.9. The molecular weight excluding hydrogens is 504 g/mol. The SMILES string of the molecule is CC(OCc1ccccc1)[C@H](NC(=O)[C@H](C)N)C(=O)N1CCC[C@H]1C1=N[C@](C)(Cc2cccc(Cl)c2)CO1. The van der Waals surface area contributed by atoms with Crippen molar-refractivity contribution >= 4 is 29.3 Å². The van der Waals surface area contributed by atoms with Gasteiger partial charge in [-0.25, -0.2) is 4.99 Å². The van der Waals surface area contributed by atoms with Crippen molar-refractivity contribution in [2.45, 2.75) is 76.4 Å². The Kier molecular flexibility index (Phi) is 9.07. The summed E-state index contributed by atoms with van der Waals surface area (Å²) in [5, 5.41) is 3.51. The molecule has 3 N–H and O–H groups in total. The molecular formula is C29H37ClN4O4. The molecule has 2 aliphatic rings. The molecule has 2 amide bonds. The number of carbonyl (C=O) groups excluding carboxylic acids is 2. The fourth-order valence-electron chi connectivity index (χ4n) is 4.94. The average molecular weight is 541 g/mol. The summed E-state index contributed by atoms with van der Waals surface area (Å²) in [6.07, 6.45) is 1.66. The summed E-state index contributed by atoms with van der Waals surface area (Å²) in [5.41, 5.74) is 7.42. The molecule has 0 aliphatic carbocycles. The third-order valence-corrected chi connectivity index (χ3v) is 7.24. The van der Waals surface area contributed by atoms with E-state index in [-0.39, 0.29) is 11.9 Å². The van der Waals surface area contributed by atoms with E-state index in [1.165, 1.54) is 0 Å². The number of rotatable bonds is 10. The Bertz CT molecular complexity index is 1160. The molecule has 9 heteroatoms. The Morgan fingerprint density at radius 1 is 1.21 bits per heavy atom. The lowest BCUT2D eigenvalue weighted by Crippen LogP contribution is -2.58. The van der Waals surface area contributed by atoms with Crippen LogP contribution in [0.4, 0.5) is 0 Å². The Labute approximate surface area is 229 Å². The first-order chi connectivity index (χ1) is 18.1. The Morgan fingerprint density at radius 3 is 2.66 bits per heavy atom. The topological polar surface area (TPSA) is 106 Å². The van der Waals surface area contributed by atoms with Crippen LogP contribution in [0.1, 0.15) is 44.7 Å². The van der Waals surface area contributed by atoms with E-state index in [1.54, 1.807) is 18.7 Å². The molecule has 0 spiro atoms.